The molecule has 0 bridgehead atoms. The van der Waals surface area contributed by atoms with E-state index in [1.807, 2.05) is 0 Å². The molecule has 0 saturated heterocycles. The normalized spacial score (nSPS) is 11.0. The molecule has 0 aromatic heterocycles. The Kier molecular flexibility index (Phi) is 51.6. The summed E-state index contributed by atoms with van der Waals surface area (Å²) in [4.78, 5) is 0. The molecule has 392 valence electrons. The van der Waals surface area contributed by atoms with Gasteiger partial charge in [-0.1, -0.05) is 292 Å². The van der Waals surface area contributed by atoms with Gasteiger partial charge < -0.3 is 60.3 Å². The predicted molar refractivity (Wildman–Crippen MR) is 322 cm³/mol. The van der Waals surface area contributed by atoms with Crippen molar-refractivity contribution >= 4 is 69.7 Å². The molecule has 0 atom stereocenters. The fourth-order valence-electron chi connectivity index (χ4n) is 9.97. The summed E-state index contributed by atoms with van der Waals surface area (Å²) >= 11 is 20.7. The summed E-state index contributed by atoms with van der Waals surface area (Å²) in [7, 11) is 0. The van der Waals surface area contributed by atoms with Crippen LogP contribution in [0.1, 0.15) is 307 Å². The van der Waals surface area contributed by atoms with E-state index in [9.17, 15) is 0 Å². The molecule has 2 aromatic rings. The van der Waals surface area contributed by atoms with Crippen LogP contribution in [-0.4, -0.2) is 8.64 Å². The Morgan fingerprint density at radius 2 is 0.522 bits per heavy atom. The van der Waals surface area contributed by atoms with Gasteiger partial charge in [-0.3, -0.25) is 0 Å². The molecule has 0 radical (unpaired) electrons. The minimum Gasteiger partial charge on any atom is -0.411 e. The number of aryl methyl sites for hydroxylation is 2. The molecule has 2 rings (SSSR count). The third-order valence-corrected chi connectivity index (χ3v) is 14.6. The first-order valence-corrected chi connectivity index (χ1v) is 31.2. The zero-order chi connectivity index (χ0) is 49.4. The number of benzene rings is 2. The smallest absolute Gasteiger partial charge is 0.411 e. The zero-order valence-corrected chi connectivity index (χ0v) is 52.2. The van der Waals surface area contributed by atoms with Crippen molar-refractivity contribution in [2.75, 3.05) is 10.6 Å². The number of thiocarbonyl (C=S) groups is 2. The van der Waals surface area contributed by atoms with E-state index in [4.69, 9.17) is 49.7 Å². The second-order valence-electron chi connectivity index (χ2n) is 20.4. The Morgan fingerprint density at radius 1 is 0.319 bits per heavy atom. The zero-order valence-electron chi connectivity index (χ0n) is 45.9. The van der Waals surface area contributed by atoms with Crippen molar-refractivity contribution in [3.63, 3.8) is 0 Å². The van der Waals surface area contributed by atoms with Gasteiger partial charge in [-0.05, 0) is 85.8 Å². The molecular formula is C62H108N2S4Zn. The van der Waals surface area contributed by atoms with Crippen LogP contribution in [0.4, 0.5) is 11.4 Å². The summed E-state index contributed by atoms with van der Waals surface area (Å²) in [6, 6.07) is 13.3. The third kappa shape index (κ3) is 41.3. The third-order valence-electron chi connectivity index (χ3n) is 14.2. The van der Waals surface area contributed by atoms with Gasteiger partial charge in [0.25, 0.3) is 0 Å². The predicted octanol–water partition coefficient (Wildman–Crippen LogP) is 21.7. The van der Waals surface area contributed by atoms with Crippen LogP contribution >= 0.6 is 24.4 Å². The Hall–Kier alpha value is -0.717. The summed E-state index contributed by atoms with van der Waals surface area (Å²) in [5, 5.41) is 6.57. The van der Waals surface area contributed by atoms with Crippen LogP contribution in [-0.2, 0) is 70.4 Å². The SMILES string of the molecule is CCCCCCCCCCCCc1cccc(NC(=S)[S-])c1CCCCCCCCCCCC.CCCCCCCCCCCCc1cccc(NC(=S)[S-])c1CCCCCCCCCCCC.[Zn+2]. The van der Waals surface area contributed by atoms with E-state index >= 15 is 0 Å². The quantitative estimate of drug-likeness (QED) is 0.0297. The first-order valence-electron chi connectivity index (χ1n) is 29.5. The van der Waals surface area contributed by atoms with Crippen LogP contribution in [0.5, 0.6) is 0 Å². The molecule has 0 spiro atoms. The molecule has 0 unspecified atom stereocenters. The summed E-state index contributed by atoms with van der Waals surface area (Å²) in [6.45, 7) is 9.16. The average Bonchev–Trinajstić information content (AvgIpc) is 3.32. The number of hydrogen-bond acceptors (Lipinski definition) is 4. The minimum absolute atomic E-state index is 0. The second-order valence-corrected chi connectivity index (χ2v) is 22.6. The van der Waals surface area contributed by atoms with E-state index < -0.39 is 0 Å². The van der Waals surface area contributed by atoms with E-state index in [-0.39, 0.29) is 19.5 Å². The summed E-state index contributed by atoms with van der Waals surface area (Å²) in [5.41, 5.74) is 8.25. The maximum atomic E-state index is 5.19. The van der Waals surface area contributed by atoms with Crippen molar-refractivity contribution in [3.8, 4) is 0 Å². The number of hydrogen-bond donors (Lipinski definition) is 2. The van der Waals surface area contributed by atoms with E-state index in [1.165, 1.54) is 292 Å². The summed E-state index contributed by atoms with van der Waals surface area (Å²) < 4.78 is 0.917. The van der Waals surface area contributed by atoms with Crippen LogP contribution in [0.3, 0.4) is 0 Å². The van der Waals surface area contributed by atoms with Crippen LogP contribution in [0.15, 0.2) is 36.4 Å². The molecule has 2 nitrogen and oxygen atoms in total. The number of unbranched alkanes of at least 4 members (excludes halogenated alkanes) is 36. The van der Waals surface area contributed by atoms with Gasteiger partial charge in [0.15, 0.2) is 0 Å². The number of rotatable bonds is 46. The number of anilines is 2. The van der Waals surface area contributed by atoms with Crippen molar-refractivity contribution in [1.29, 1.82) is 0 Å². The van der Waals surface area contributed by atoms with Crippen LogP contribution in [0.25, 0.3) is 0 Å². The largest absolute Gasteiger partial charge is 2.00 e. The van der Waals surface area contributed by atoms with Crippen molar-refractivity contribution in [3.05, 3.63) is 58.7 Å². The van der Waals surface area contributed by atoms with Crippen molar-refractivity contribution in [1.82, 2.24) is 0 Å². The maximum absolute atomic E-state index is 5.19. The molecule has 0 aliphatic rings. The maximum Gasteiger partial charge on any atom is 2.00 e. The summed E-state index contributed by atoms with van der Waals surface area (Å²) in [6.07, 6.45) is 60.0. The van der Waals surface area contributed by atoms with Gasteiger partial charge in [-0.2, -0.15) is 0 Å². The van der Waals surface area contributed by atoms with Gasteiger partial charge >= 0.3 is 19.5 Å². The molecule has 0 fully saturated rings. The molecule has 0 aliphatic heterocycles. The van der Waals surface area contributed by atoms with Gasteiger partial charge in [-0.15, -0.1) is 0 Å². The van der Waals surface area contributed by atoms with Crippen molar-refractivity contribution in [2.24, 2.45) is 0 Å². The Balaban J connectivity index is 0.00000132. The van der Waals surface area contributed by atoms with Crippen molar-refractivity contribution < 1.29 is 19.5 Å². The minimum atomic E-state index is 0. The van der Waals surface area contributed by atoms with Gasteiger partial charge in [0.05, 0.1) is 0 Å². The Bertz CT molecular complexity index is 1340. The van der Waals surface area contributed by atoms with Crippen LogP contribution in [0, 0.1) is 0 Å². The molecule has 0 amide bonds. The molecule has 2 N–H and O–H groups in total. The van der Waals surface area contributed by atoms with Gasteiger partial charge in [0.1, 0.15) is 0 Å². The molecule has 0 aliphatic carbocycles. The first kappa shape index (κ1) is 68.3. The van der Waals surface area contributed by atoms with Gasteiger partial charge in [0.2, 0.25) is 0 Å². The molecule has 0 saturated carbocycles. The van der Waals surface area contributed by atoms with E-state index in [2.05, 4.69) is 74.7 Å². The number of nitrogens with one attached hydrogen (secondary N) is 2. The molecule has 69 heavy (non-hydrogen) atoms. The first-order chi connectivity index (χ1) is 33.4. The second kappa shape index (κ2) is 52.2. The van der Waals surface area contributed by atoms with Crippen molar-refractivity contribution in [2.45, 2.75) is 310 Å². The monoisotopic (exact) mass is 1070 g/mol. The Morgan fingerprint density at radius 3 is 0.739 bits per heavy atom. The van der Waals surface area contributed by atoms with Crippen LogP contribution in [0.2, 0.25) is 0 Å². The van der Waals surface area contributed by atoms with Gasteiger partial charge in [0, 0.05) is 11.4 Å². The molecule has 0 heterocycles. The molecule has 2 aromatic carbocycles. The molecular weight excluding hydrogens is 966 g/mol. The summed E-state index contributed by atoms with van der Waals surface area (Å²) in [5.74, 6) is 0. The standard InChI is InChI=1S/2C31H55NS2.Zn/c2*1-3-5-7-9-11-13-15-17-19-21-24-28-25-23-27-30(32-31(33)34)29(28)26-22-20-18-16-14-12-10-8-6-4-2;/h2*23,25,27H,3-22,24,26H2,1-2H3,(H2,32,33,34);/q;;+2/p-2. The fraction of sp³-hybridized carbons (Fsp3) is 0.774. The Labute approximate surface area is 465 Å². The van der Waals surface area contributed by atoms with Crippen LogP contribution < -0.4 is 10.6 Å². The van der Waals surface area contributed by atoms with Gasteiger partial charge in [-0.25, -0.2) is 0 Å². The van der Waals surface area contributed by atoms with E-state index in [1.54, 1.807) is 0 Å². The fourth-order valence-corrected chi connectivity index (χ4v) is 10.4. The topological polar surface area (TPSA) is 24.1 Å². The molecule has 7 heteroatoms. The average molecular weight is 1080 g/mol. The van der Waals surface area contributed by atoms with E-state index in [0.717, 1.165) is 24.2 Å². The van der Waals surface area contributed by atoms with E-state index in [0.29, 0.717) is 8.64 Å².